The number of rotatable bonds is 3. The van der Waals surface area contributed by atoms with Crippen LogP contribution in [-0.4, -0.2) is 44.8 Å². The van der Waals surface area contributed by atoms with Crippen molar-refractivity contribution in [1.29, 1.82) is 0 Å². The van der Waals surface area contributed by atoms with Crippen LogP contribution >= 0.6 is 0 Å². The standard InChI is InChI=1S/C13H17F3N4O2/c1-7-10(11(7)12(21)18-22)8-4-20-3-2-19(5-9(20)17-8)6-13(14,15)16/h4,7,10-11,22H,2-3,5-6H2,1H3,(H,18,21). The minimum atomic E-state index is -4.22. The largest absolute Gasteiger partial charge is 0.401 e. The molecule has 0 radical (unpaired) electrons. The molecule has 122 valence electrons. The van der Waals surface area contributed by atoms with E-state index in [1.54, 1.807) is 5.48 Å². The van der Waals surface area contributed by atoms with Gasteiger partial charge in [-0.3, -0.25) is 14.9 Å². The van der Waals surface area contributed by atoms with Crippen LogP contribution < -0.4 is 5.48 Å². The van der Waals surface area contributed by atoms with Crippen molar-refractivity contribution < 1.29 is 23.2 Å². The number of alkyl halides is 3. The van der Waals surface area contributed by atoms with Crippen LogP contribution in [0.2, 0.25) is 0 Å². The molecule has 2 heterocycles. The van der Waals surface area contributed by atoms with E-state index in [2.05, 4.69) is 4.98 Å². The molecule has 22 heavy (non-hydrogen) atoms. The first kappa shape index (κ1) is 15.3. The van der Waals surface area contributed by atoms with Gasteiger partial charge in [0.25, 0.3) is 0 Å². The van der Waals surface area contributed by atoms with Crippen molar-refractivity contribution in [3.8, 4) is 0 Å². The van der Waals surface area contributed by atoms with Crippen LogP contribution in [-0.2, 0) is 17.9 Å². The summed E-state index contributed by atoms with van der Waals surface area (Å²) < 4.78 is 39.2. The molecule has 9 heteroatoms. The van der Waals surface area contributed by atoms with Crippen molar-refractivity contribution in [2.45, 2.75) is 32.1 Å². The minimum absolute atomic E-state index is 0.0652. The normalized spacial score (nSPS) is 28.3. The molecule has 0 bridgehead atoms. The minimum Gasteiger partial charge on any atom is -0.332 e. The molecule has 1 saturated carbocycles. The maximum absolute atomic E-state index is 12.5. The Morgan fingerprint density at radius 3 is 2.86 bits per heavy atom. The lowest BCUT2D eigenvalue weighted by Crippen LogP contribution is -2.39. The number of carbonyl (C=O) groups is 1. The SMILES string of the molecule is CC1C(C(=O)NO)C1c1cn2c(n1)CN(CC(F)(F)F)CC2. The second-order valence-electron chi connectivity index (χ2n) is 5.99. The molecular weight excluding hydrogens is 301 g/mol. The summed E-state index contributed by atoms with van der Waals surface area (Å²) in [5, 5.41) is 8.69. The molecule has 0 spiro atoms. The van der Waals surface area contributed by atoms with Gasteiger partial charge in [-0.15, -0.1) is 0 Å². The Labute approximate surface area is 124 Å². The third-order valence-electron chi connectivity index (χ3n) is 4.44. The van der Waals surface area contributed by atoms with E-state index in [4.69, 9.17) is 5.21 Å². The number of hydrogen-bond acceptors (Lipinski definition) is 4. The fourth-order valence-corrected chi connectivity index (χ4v) is 3.27. The molecule has 1 aromatic rings. The number of hydrogen-bond donors (Lipinski definition) is 2. The molecule has 1 aliphatic heterocycles. The van der Waals surface area contributed by atoms with Gasteiger partial charge in [0.15, 0.2) is 0 Å². The number of imidazole rings is 1. The smallest absolute Gasteiger partial charge is 0.332 e. The van der Waals surface area contributed by atoms with Crippen LogP contribution in [0.25, 0.3) is 0 Å². The second kappa shape index (κ2) is 5.24. The molecular formula is C13H17F3N4O2. The molecule has 0 aromatic carbocycles. The molecule has 3 atom stereocenters. The zero-order valence-electron chi connectivity index (χ0n) is 12.0. The summed E-state index contributed by atoms with van der Waals surface area (Å²) in [7, 11) is 0. The van der Waals surface area contributed by atoms with Crippen molar-refractivity contribution in [1.82, 2.24) is 19.9 Å². The highest BCUT2D eigenvalue weighted by Crippen LogP contribution is 2.53. The van der Waals surface area contributed by atoms with Gasteiger partial charge in [-0.25, -0.2) is 10.5 Å². The van der Waals surface area contributed by atoms with Crippen molar-refractivity contribution in [2.24, 2.45) is 11.8 Å². The van der Waals surface area contributed by atoms with E-state index in [9.17, 15) is 18.0 Å². The number of carbonyl (C=O) groups excluding carboxylic acids is 1. The van der Waals surface area contributed by atoms with Crippen LogP contribution in [0.3, 0.4) is 0 Å². The van der Waals surface area contributed by atoms with Crippen molar-refractivity contribution in [3.05, 3.63) is 17.7 Å². The van der Waals surface area contributed by atoms with Crippen molar-refractivity contribution >= 4 is 5.91 Å². The summed E-state index contributed by atoms with van der Waals surface area (Å²) in [5.74, 6) is -0.195. The maximum atomic E-state index is 12.5. The number of halogens is 3. The predicted molar refractivity (Wildman–Crippen MR) is 68.9 cm³/mol. The van der Waals surface area contributed by atoms with Crippen LogP contribution in [0.1, 0.15) is 24.4 Å². The first-order chi connectivity index (χ1) is 10.3. The molecule has 2 N–H and O–H groups in total. The van der Waals surface area contributed by atoms with Crippen LogP contribution in [0.15, 0.2) is 6.20 Å². The zero-order chi connectivity index (χ0) is 16.1. The number of amides is 1. The van der Waals surface area contributed by atoms with Gasteiger partial charge in [-0.05, 0) is 5.92 Å². The van der Waals surface area contributed by atoms with Gasteiger partial charge in [0, 0.05) is 25.2 Å². The first-order valence-corrected chi connectivity index (χ1v) is 7.09. The number of aromatic nitrogens is 2. The van der Waals surface area contributed by atoms with Gasteiger partial charge in [0.05, 0.1) is 24.7 Å². The van der Waals surface area contributed by atoms with Gasteiger partial charge < -0.3 is 4.57 Å². The molecule has 0 saturated heterocycles. The topological polar surface area (TPSA) is 70.4 Å². The van der Waals surface area contributed by atoms with Gasteiger partial charge in [-0.1, -0.05) is 6.92 Å². The highest BCUT2D eigenvalue weighted by atomic mass is 19.4. The zero-order valence-corrected chi connectivity index (χ0v) is 12.0. The summed E-state index contributed by atoms with van der Waals surface area (Å²) >= 11 is 0. The van der Waals surface area contributed by atoms with E-state index >= 15 is 0 Å². The van der Waals surface area contributed by atoms with Crippen LogP contribution in [0.4, 0.5) is 13.2 Å². The van der Waals surface area contributed by atoms with Gasteiger partial charge in [-0.2, -0.15) is 13.2 Å². The highest BCUT2D eigenvalue weighted by Gasteiger charge is 2.54. The Bertz CT molecular complexity index is 586. The predicted octanol–water partition coefficient (Wildman–Crippen LogP) is 1.12. The average molecular weight is 318 g/mol. The lowest BCUT2D eigenvalue weighted by Gasteiger charge is -2.27. The fourth-order valence-electron chi connectivity index (χ4n) is 3.27. The molecule has 3 unspecified atom stereocenters. The van der Waals surface area contributed by atoms with Crippen molar-refractivity contribution in [2.75, 3.05) is 13.1 Å². The monoisotopic (exact) mass is 318 g/mol. The molecule has 1 amide bonds. The van der Waals surface area contributed by atoms with E-state index in [0.29, 0.717) is 24.6 Å². The van der Waals surface area contributed by atoms with Crippen LogP contribution in [0.5, 0.6) is 0 Å². The average Bonchev–Trinajstić information content (AvgIpc) is 2.92. The maximum Gasteiger partial charge on any atom is 0.401 e. The first-order valence-electron chi connectivity index (χ1n) is 7.09. The lowest BCUT2D eigenvalue weighted by atomic mass is 10.2. The molecule has 6 nitrogen and oxygen atoms in total. The summed E-state index contributed by atoms with van der Waals surface area (Å²) in [4.78, 5) is 17.2. The lowest BCUT2D eigenvalue weighted by molar-refractivity contribution is -0.148. The number of nitrogens with one attached hydrogen (secondary N) is 1. The molecule has 1 aliphatic carbocycles. The van der Waals surface area contributed by atoms with Gasteiger partial charge in [0.2, 0.25) is 5.91 Å². The Balaban J connectivity index is 1.71. The number of hydroxylamine groups is 1. The summed E-state index contributed by atoms with van der Waals surface area (Å²) in [6, 6.07) is 0. The van der Waals surface area contributed by atoms with E-state index in [1.165, 1.54) is 4.90 Å². The Kier molecular flexibility index (Phi) is 3.64. The Morgan fingerprint density at radius 2 is 2.23 bits per heavy atom. The highest BCUT2D eigenvalue weighted by molar-refractivity contribution is 5.82. The van der Waals surface area contributed by atoms with Crippen LogP contribution in [0, 0.1) is 11.8 Å². The summed E-state index contributed by atoms with van der Waals surface area (Å²) in [6.07, 6.45) is -2.40. The quantitative estimate of drug-likeness (QED) is 0.647. The van der Waals surface area contributed by atoms with Gasteiger partial charge in [0.1, 0.15) is 5.82 Å². The second-order valence-corrected chi connectivity index (χ2v) is 5.99. The van der Waals surface area contributed by atoms with E-state index < -0.39 is 18.6 Å². The van der Waals surface area contributed by atoms with Crippen molar-refractivity contribution in [3.63, 3.8) is 0 Å². The third-order valence-corrected chi connectivity index (χ3v) is 4.44. The third kappa shape index (κ3) is 2.82. The summed E-state index contributed by atoms with van der Waals surface area (Å²) in [6.45, 7) is 1.88. The number of fused-ring (bicyclic) bond motifs is 1. The van der Waals surface area contributed by atoms with E-state index in [-0.39, 0.29) is 24.3 Å². The number of nitrogens with zero attached hydrogens (tertiary/aromatic N) is 3. The molecule has 3 rings (SSSR count). The molecule has 1 aromatic heterocycles. The summed E-state index contributed by atoms with van der Waals surface area (Å²) in [5.41, 5.74) is 2.36. The molecule has 2 aliphatic rings. The Hall–Kier alpha value is -1.61. The fraction of sp³-hybridized carbons (Fsp3) is 0.692. The Morgan fingerprint density at radius 1 is 1.50 bits per heavy atom. The molecule has 1 fully saturated rings. The van der Waals surface area contributed by atoms with Gasteiger partial charge >= 0.3 is 6.18 Å². The van der Waals surface area contributed by atoms with E-state index in [0.717, 1.165) is 0 Å². The van der Waals surface area contributed by atoms with E-state index in [1.807, 2.05) is 17.7 Å².